The molecule has 10 heteroatoms. The van der Waals surface area contributed by atoms with Gasteiger partial charge in [-0.05, 0) is 26.3 Å². The number of likely N-dealkylation sites (N-methyl/N-ethyl adjacent to an activating group) is 1. The zero-order valence-corrected chi connectivity index (χ0v) is 20.4. The number of aliphatic imine (C=N–C) groups is 1. The van der Waals surface area contributed by atoms with Crippen LogP contribution in [0.5, 0.6) is 0 Å². The Morgan fingerprint density at radius 1 is 1.28 bits per heavy atom. The maximum absolute atomic E-state index is 11.9. The Morgan fingerprint density at radius 2 is 2.03 bits per heavy atom. The summed E-state index contributed by atoms with van der Waals surface area (Å²) in [5, 5.41) is 6.68. The average Bonchev–Trinajstić information content (AvgIpc) is 3.21. The lowest BCUT2D eigenvalue weighted by Crippen LogP contribution is -2.46. The molecule has 9 nitrogen and oxygen atoms in total. The minimum Gasteiger partial charge on any atom is -0.379 e. The molecule has 0 saturated carbocycles. The number of nitrogens with one attached hydrogen (secondary N) is 2. The Morgan fingerprint density at radius 3 is 2.69 bits per heavy atom. The summed E-state index contributed by atoms with van der Waals surface area (Å²) in [4.78, 5) is 20.3. The number of nitrogens with zero attached hydrogens (tertiary/aromatic N) is 3. The first kappa shape index (κ1) is 26.3. The summed E-state index contributed by atoms with van der Waals surface area (Å²) in [5.41, 5.74) is 0. The van der Waals surface area contributed by atoms with E-state index in [2.05, 4.69) is 27.4 Å². The molecule has 2 fully saturated rings. The molecule has 2 aliphatic heterocycles. The van der Waals surface area contributed by atoms with Crippen LogP contribution in [0, 0.1) is 0 Å². The summed E-state index contributed by atoms with van der Waals surface area (Å²) < 4.78 is 16.6. The van der Waals surface area contributed by atoms with E-state index >= 15 is 0 Å². The summed E-state index contributed by atoms with van der Waals surface area (Å²) in [6.07, 6.45) is 2.14. The number of ether oxygens (including phenoxy) is 3. The van der Waals surface area contributed by atoms with Crippen LogP contribution in [0.4, 0.5) is 0 Å². The van der Waals surface area contributed by atoms with E-state index in [1.807, 2.05) is 0 Å². The van der Waals surface area contributed by atoms with E-state index in [0.717, 1.165) is 58.8 Å². The van der Waals surface area contributed by atoms with Crippen molar-refractivity contribution in [3.8, 4) is 0 Å². The predicted octanol–water partition coefficient (Wildman–Crippen LogP) is 0.144. The molecule has 170 valence electrons. The standard InChI is InChI=1S/C19H37N5O4.HI/c1-16(14-28-17-5-10-27-15-17)22-19(21-13-18(25)23(2)3)20-6-4-7-24-8-11-26-12-9-24;/h16-17H,4-15H2,1-3H3,(H2,20,21,22);1H. The third-order valence-corrected chi connectivity index (χ3v) is 4.77. The van der Waals surface area contributed by atoms with Crippen LogP contribution in [-0.4, -0.2) is 114 Å². The summed E-state index contributed by atoms with van der Waals surface area (Å²) in [6.45, 7) is 9.64. The van der Waals surface area contributed by atoms with Crippen molar-refractivity contribution in [3.63, 3.8) is 0 Å². The zero-order chi connectivity index (χ0) is 20.2. The van der Waals surface area contributed by atoms with Gasteiger partial charge < -0.3 is 29.7 Å². The van der Waals surface area contributed by atoms with E-state index < -0.39 is 0 Å². The van der Waals surface area contributed by atoms with Crippen molar-refractivity contribution in [1.29, 1.82) is 0 Å². The topological polar surface area (TPSA) is 87.7 Å². The molecule has 2 aliphatic rings. The van der Waals surface area contributed by atoms with Crippen LogP contribution in [-0.2, 0) is 19.0 Å². The number of guanidine groups is 1. The fourth-order valence-corrected chi connectivity index (χ4v) is 2.97. The molecule has 0 bridgehead atoms. The van der Waals surface area contributed by atoms with Gasteiger partial charge >= 0.3 is 0 Å². The molecular weight excluding hydrogens is 489 g/mol. The highest BCUT2D eigenvalue weighted by Crippen LogP contribution is 2.08. The molecule has 0 aromatic heterocycles. The Kier molecular flexibility index (Phi) is 13.8. The maximum Gasteiger partial charge on any atom is 0.243 e. The van der Waals surface area contributed by atoms with E-state index in [9.17, 15) is 4.79 Å². The highest BCUT2D eigenvalue weighted by atomic mass is 127. The quantitative estimate of drug-likeness (QED) is 0.181. The smallest absolute Gasteiger partial charge is 0.243 e. The lowest BCUT2D eigenvalue weighted by Gasteiger charge is -2.26. The Hall–Kier alpha value is -0.690. The van der Waals surface area contributed by atoms with Crippen molar-refractivity contribution < 1.29 is 19.0 Å². The highest BCUT2D eigenvalue weighted by molar-refractivity contribution is 14.0. The van der Waals surface area contributed by atoms with Crippen LogP contribution >= 0.6 is 24.0 Å². The minimum atomic E-state index is -0.0265. The molecule has 2 heterocycles. The first-order valence-corrected chi connectivity index (χ1v) is 10.3. The van der Waals surface area contributed by atoms with E-state index in [1.54, 1.807) is 19.0 Å². The van der Waals surface area contributed by atoms with E-state index in [1.165, 1.54) is 0 Å². The normalized spacial score (nSPS) is 21.3. The number of hydrogen-bond donors (Lipinski definition) is 2. The fourth-order valence-electron chi connectivity index (χ4n) is 2.97. The van der Waals surface area contributed by atoms with Crippen LogP contribution in [0.2, 0.25) is 0 Å². The van der Waals surface area contributed by atoms with Gasteiger partial charge in [-0.3, -0.25) is 9.69 Å². The van der Waals surface area contributed by atoms with Crippen molar-refractivity contribution in [2.45, 2.75) is 31.9 Å². The monoisotopic (exact) mass is 527 g/mol. The van der Waals surface area contributed by atoms with Gasteiger partial charge in [0, 0.05) is 46.4 Å². The number of halogens is 1. The van der Waals surface area contributed by atoms with Crippen molar-refractivity contribution in [1.82, 2.24) is 20.4 Å². The predicted molar refractivity (Wildman–Crippen MR) is 124 cm³/mol. The second-order valence-electron chi connectivity index (χ2n) is 7.55. The van der Waals surface area contributed by atoms with Crippen LogP contribution in [0.3, 0.4) is 0 Å². The summed E-state index contributed by atoms with van der Waals surface area (Å²) in [5.74, 6) is 0.623. The van der Waals surface area contributed by atoms with Gasteiger partial charge in [-0.1, -0.05) is 0 Å². The first-order chi connectivity index (χ1) is 13.5. The molecule has 2 saturated heterocycles. The number of rotatable bonds is 10. The van der Waals surface area contributed by atoms with Gasteiger partial charge in [0.25, 0.3) is 0 Å². The molecule has 0 aromatic carbocycles. The second-order valence-corrected chi connectivity index (χ2v) is 7.55. The Balaban J connectivity index is 0.00000420. The molecule has 29 heavy (non-hydrogen) atoms. The molecule has 2 rings (SSSR count). The largest absolute Gasteiger partial charge is 0.379 e. The lowest BCUT2D eigenvalue weighted by molar-refractivity contribution is -0.127. The van der Waals surface area contributed by atoms with Gasteiger partial charge in [-0.25, -0.2) is 4.99 Å². The van der Waals surface area contributed by atoms with Gasteiger partial charge in [0.15, 0.2) is 5.96 Å². The molecule has 2 N–H and O–H groups in total. The number of hydrogen-bond acceptors (Lipinski definition) is 6. The first-order valence-electron chi connectivity index (χ1n) is 10.3. The molecule has 2 atom stereocenters. The SMILES string of the molecule is CC(COC1CCOC1)NC(=NCC(=O)N(C)C)NCCCN1CCOCC1.I. The minimum absolute atomic E-state index is 0. The average molecular weight is 527 g/mol. The van der Waals surface area contributed by atoms with Crippen LogP contribution in [0.1, 0.15) is 19.8 Å². The molecule has 2 unspecified atom stereocenters. The molecule has 0 aromatic rings. The zero-order valence-electron chi connectivity index (χ0n) is 18.0. The van der Waals surface area contributed by atoms with Gasteiger partial charge in [0.05, 0.1) is 32.5 Å². The molecule has 0 aliphatic carbocycles. The van der Waals surface area contributed by atoms with Gasteiger partial charge in [-0.2, -0.15) is 0 Å². The molecular formula is C19H38IN5O4. The number of carbonyl (C=O) groups is 1. The van der Waals surface area contributed by atoms with Crippen LogP contribution < -0.4 is 10.6 Å². The third kappa shape index (κ3) is 11.3. The van der Waals surface area contributed by atoms with Crippen LogP contribution in [0.15, 0.2) is 4.99 Å². The number of morpholine rings is 1. The molecule has 0 spiro atoms. The van der Waals surface area contributed by atoms with Crippen molar-refractivity contribution in [3.05, 3.63) is 0 Å². The third-order valence-electron chi connectivity index (χ3n) is 4.77. The summed E-state index contributed by atoms with van der Waals surface area (Å²) >= 11 is 0. The Labute approximate surface area is 191 Å². The summed E-state index contributed by atoms with van der Waals surface area (Å²) in [7, 11) is 3.47. The maximum atomic E-state index is 11.9. The summed E-state index contributed by atoms with van der Waals surface area (Å²) in [6, 6.07) is 0.0838. The van der Waals surface area contributed by atoms with E-state index in [-0.39, 0.29) is 48.6 Å². The van der Waals surface area contributed by atoms with Gasteiger partial charge in [0.2, 0.25) is 5.91 Å². The van der Waals surface area contributed by atoms with Gasteiger partial charge in [-0.15, -0.1) is 24.0 Å². The highest BCUT2D eigenvalue weighted by Gasteiger charge is 2.17. The number of amides is 1. The second kappa shape index (κ2) is 15.2. The lowest BCUT2D eigenvalue weighted by atomic mass is 10.3. The number of carbonyl (C=O) groups excluding carboxylic acids is 1. The van der Waals surface area contributed by atoms with Crippen LogP contribution in [0.25, 0.3) is 0 Å². The van der Waals surface area contributed by atoms with E-state index in [0.29, 0.717) is 19.2 Å². The Bertz CT molecular complexity index is 483. The molecule has 1 amide bonds. The van der Waals surface area contributed by atoms with Crippen molar-refractivity contribution >= 4 is 35.8 Å². The van der Waals surface area contributed by atoms with Crippen molar-refractivity contribution in [2.75, 3.05) is 79.9 Å². The van der Waals surface area contributed by atoms with Gasteiger partial charge in [0.1, 0.15) is 6.54 Å². The molecule has 0 radical (unpaired) electrons. The van der Waals surface area contributed by atoms with Crippen molar-refractivity contribution in [2.24, 2.45) is 4.99 Å². The van der Waals surface area contributed by atoms with E-state index in [4.69, 9.17) is 14.2 Å². The fraction of sp³-hybridized carbons (Fsp3) is 0.895.